The van der Waals surface area contributed by atoms with Gasteiger partial charge in [0.1, 0.15) is 11.5 Å². The Labute approximate surface area is 165 Å². The lowest BCUT2D eigenvalue weighted by molar-refractivity contribution is 0.414. The van der Waals surface area contributed by atoms with E-state index in [4.69, 9.17) is 9.47 Å². The molecule has 0 saturated heterocycles. The number of hydrogen-bond donors (Lipinski definition) is 0. The molecule has 0 unspecified atom stereocenters. The molecule has 25 heavy (non-hydrogen) atoms. The molecule has 2 rings (SSSR count). The van der Waals surface area contributed by atoms with Gasteiger partial charge in [0.05, 0.1) is 14.2 Å². The first-order valence-electron chi connectivity index (χ1n) is 7.80. The van der Waals surface area contributed by atoms with Crippen molar-refractivity contribution in [3.63, 3.8) is 0 Å². The van der Waals surface area contributed by atoms with Crippen LogP contribution in [0.4, 0.5) is 0 Å². The molecule has 0 aromatic heterocycles. The van der Waals surface area contributed by atoms with Crippen LogP contribution >= 0.6 is 31.9 Å². The summed E-state index contributed by atoms with van der Waals surface area (Å²) in [7, 11) is 3.32. The third-order valence-corrected chi connectivity index (χ3v) is 4.41. The van der Waals surface area contributed by atoms with Crippen LogP contribution < -0.4 is 9.47 Å². The van der Waals surface area contributed by atoms with Crippen molar-refractivity contribution in [3.8, 4) is 11.5 Å². The largest absolute Gasteiger partial charge is 0.496 e. The van der Waals surface area contributed by atoms with Crippen molar-refractivity contribution in [2.75, 3.05) is 27.3 Å². The van der Waals surface area contributed by atoms with E-state index in [2.05, 4.69) is 41.8 Å². The molecule has 0 fully saturated rings. The van der Waals surface area contributed by atoms with Crippen LogP contribution in [0.1, 0.15) is 17.5 Å². The number of ether oxygens (including phenoxy) is 2. The van der Waals surface area contributed by atoms with E-state index < -0.39 is 0 Å². The molecular formula is C19H20Br2N2O2. The van der Waals surface area contributed by atoms with E-state index in [1.165, 1.54) is 0 Å². The summed E-state index contributed by atoms with van der Waals surface area (Å²) in [6, 6.07) is 11.7. The monoisotopic (exact) mass is 466 g/mol. The summed E-state index contributed by atoms with van der Waals surface area (Å²) in [6.07, 6.45) is 4.55. The number of halogens is 2. The fraction of sp³-hybridized carbons (Fsp3) is 0.263. The Hall–Kier alpha value is -1.66. The third kappa shape index (κ3) is 6.29. The summed E-state index contributed by atoms with van der Waals surface area (Å²) in [4.78, 5) is 8.90. The molecule has 0 atom stereocenters. The van der Waals surface area contributed by atoms with Gasteiger partial charge in [0.25, 0.3) is 0 Å². The zero-order valence-electron chi connectivity index (χ0n) is 14.2. The zero-order valence-corrected chi connectivity index (χ0v) is 17.4. The third-order valence-electron chi connectivity index (χ3n) is 3.42. The van der Waals surface area contributed by atoms with Gasteiger partial charge in [-0.25, -0.2) is 0 Å². The standard InChI is InChI=1S/C19H20Br2N2O2/c1-24-18-6-4-16(20)10-14(18)12-22-8-3-9-23-13-15-11-17(21)5-7-19(15)25-2/h4-7,10-13H,3,8-9H2,1-2H3. The number of methoxy groups -OCH3 is 2. The van der Waals surface area contributed by atoms with Crippen molar-refractivity contribution in [1.29, 1.82) is 0 Å². The van der Waals surface area contributed by atoms with Crippen LogP contribution in [0.25, 0.3) is 0 Å². The van der Waals surface area contributed by atoms with Crippen molar-refractivity contribution in [2.24, 2.45) is 9.98 Å². The summed E-state index contributed by atoms with van der Waals surface area (Å²) < 4.78 is 12.7. The number of benzene rings is 2. The molecule has 0 saturated carbocycles. The normalized spacial score (nSPS) is 11.4. The second-order valence-electron chi connectivity index (χ2n) is 5.20. The van der Waals surface area contributed by atoms with E-state index in [1.54, 1.807) is 14.2 Å². The molecule has 0 aliphatic carbocycles. The molecular weight excluding hydrogens is 448 g/mol. The lowest BCUT2D eigenvalue weighted by Gasteiger charge is -2.04. The minimum Gasteiger partial charge on any atom is -0.496 e. The summed E-state index contributed by atoms with van der Waals surface area (Å²) in [5.74, 6) is 1.62. The van der Waals surface area contributed by atoms with Gasteiger partial charge >= 0.3 is 0 Å². The molecule has 0 bridgehead atoms. The summed E-state index contributed by atoms with van der Waals surface area (Å²) in [5, 5.41) is 0. The van der Waals surface area contributed by atoms with Gasteiger partial charge in [0, 0.05) is 45.6 Å². The second-order valence-corrected chi connectivity index (χ2v) is 7.03. The molecule has 2 aromatic carbocycles. The highest BCUT2D eigenvalue weighted by molar-refractivity contribution is 9.10. The Kier molecular flexibility index (Phi) is 8.15. The van der Waals surface area contributed by atoms with Crippen LogP contribution in [0.3, 0.4) is 0 Å². The highest BCUT2D eigenvalue weighted by Crippen LogP contribution is 2.22. The van der Waals surface area contributed by atoms with Gasteiger partial charge in [-0.2, -0.15) is 0 Å². The van der Waals surface area contributed by atoms with Gasteiger partial charge in [-0.15, -0.1) is 0 Å². The molecule has 0 heterocycles. The lowest BCUT2D eigenvalue weighted by Crippen LogP contribution is -1.94. The average molecular weight is 468 g/mol. The van der Waals surface area contributed by atoms with E-state index in [0.717, 1.165) is 38.0 Å². The fourth-order valence-electron chi connectivity index (χ4n) is 2.19. The average Bonchev–Trinajstić information content (AvgIpc) is 2.61. The van der Waals surface area contributed by atoms with E-state index in [1.807, 2.05) is 48.8 Å². The van der Waals surface area contributed by atoms with Crippen molar-refractivity contribution in [2.45, 2.75) is 6.42 Å². The van der Waals surface area contributed by atoms with E-state index in [-0.39, 0.29) is 0 Å². The van der Waals surface area contributed by atoms with Crippen LogP contribution in [-0.2, 0) is 0 Å². The summed E-state index contributed by atoms with van der Waals surface area (Å²) in [6.45, 7) is 1.42. The first-order valence-corrected chi connectivity index (χ1v) is 9.39. The minimum atomic E-state index is 0.711. The molecule has 0 N–H and O–H groups in total. The van der Waals surface area contributed by atoms with Gasteiger partial charge in [0.15, 0.2) is 0 Å². The summed E-state index contributed by atoms with van der Waals surface area (Å²) >= 11 is 6.92. The van der Waals surface area contributed by atoms with Gasteiger partial charge in [-0.1, -0.05) is 31.9 Å². The van der Waals surface area contributed by atoms with Crippen molar-refractivity contribution < 1.29 is 9.47 Å². The molecule has 0 aliphatic heterocycles. The number of hydrogen-bond acceptors (Lipinski definition) is 4. The van der Waals surface area contributed by atoms with Crippen LogP contribution in [0.2, 0.25) is 0 Å². The molecule has 6 heteroatoms. The topological polar surface area (TPSA) is 43.2 Å². The van der Waals surface area contributed by atoms with Crippen LogP contribution in [0, 0.1) is 0 Å². The van der Waals surface area contributed by atoms with Gasteiger partial charge < -0.3 is 9.47 Å². The van der Waals surface area contributed by atoms with Crippen molar-refractivity contribution in [3.05, 3.63) is 56.5 Å². The lowest BCUT2D eigenvalue weighted by atomic mass is 10.2. The molecule has 0 amide bonds. The second kappa shape index (κ2) is 10.4. The maximum Gasteiger partial charge on any atom is 0.127 e. The Morgan fingerprint density at radius 3 is 1.64 bits per heavy atom. The van der Waals surface area contributed by atoms with Crippen LogP contribution in [-0.4, -0.2) is 39.7 Å². The quantitative estimate of drug-likeness (QED) is 0.397. The van der Waals surface area contributed by atoms with Crippen LogP contribution in [0.5, 0.6) is 11.5 Å². The molecule has 2 aromatic rings. The smallest absolute Gasteiger partial charge is 0.127 e. The van der Waals surface area contributed by atoms with Gasteiger partial charge in [0.2, 0.25) is 0 Å². The molecule has 0 radical (unpaired) electrons. The molecule has 0 aliphatic rings. The zero-order chi connectivity index (χ0) is 18.1. The molecule has 0 spiro atoms. The number of rotatable bonds is 8. The first-order chi connectivity index (χ1) is 12.1. The highest BCUT2D eigenvalue weighted by atomic mass is 79.9. The first kappa shape index (κ1) is 19.7. The van der Waals surface area contributed by atoms with Crippen molar-refractivity contribution >= 4 is 44.3 Å². The Balaban J connectivity index is 1.84. The van der Waals surface area contributed by atoms with E-state index >= 15 is 0 Å². The van der Waals surface area contributed by atoms with E-state index in [9.17, 15) is 0 Å². The molecule has 132 valence electrons. The SMILES string of the molecule is COc1ccc(Br)cc1C=NCCCN=Cc1cc(Br)ccc1OC. The maximum atomic E-state index is 5.33. The number of nitrogens with zero attached hydrogens (tertiary/aromatic N) is 2. The molecule has 4 nitrogen and oxygen atoms in total. The van der Waals surface area contributed by atoms with Crippen LogP contribution in [0.15, 0.2) is 55.3 Å². The minimum absolute atomic E-state index is 0.711. The van der Waals surface area contributed by atoms with E-state index in [0.29, 0.717) is 13.1 Å². The Morgan fingerprint density at radius 2 is 1.24 bits per heavy atom. The fourth-order valence-corrected chi connectivity index (χ4v) is 2.95. The Bertz CT molecular complexity index is 698. The number of aliphatic imine (C=N–C) groups is 2. The predicted octanol–water partition coefficient (Wildman–Crippen LogP) is 5.16. The van der Waals surface area contributed by atoms with Gasteiger partial charge in [-0.3, -0.25) is 9.98 Å². The van der Waals surface area contributed by atoms with Crippen molar-refractivity contribution in [1.82, 2.24) is 0 Å². The van der Waals surface area contributed by atoms with Gasteiger partial charge in [-0.05, 0) is 42.8 Å². The maximum absolute atomic E-state index is 5.33. The summed E-state index contributed by atoms with van der Waals surface area (Å²) in [5.41, 5.74) is 1.92. The highest BCUT2D eigenvalue weighted by Gasteiger charge is 2.01. The Morgan fingerprint density at radius 1 is 0.800 bits per heavy atom. The predicted molar refractivity (Wildman–Crippen MR) is 111 cm³/mol.